The molecule has 0 saturated heterocycles. The summed E-state index contributed by atoms with van der Waals surface area (Å²) in [5, 5.41) is 1.96. The third-order valence-electron chi connectivity index (χ3n) is 12.7. The van der Waals surface area contributed by atoms with Crippen LogP contribution in [0.4, 0.5) is 11.5 Å². The van der Waals surface area contributed by atoms with E-state index < -0.39 is 32.0 Å². The van der Waals surface area contributed by atoms with Gasteiger partial charge in [-0.15, -0.1) is 0 Å². The first-order valence-electron chi connectivity index (χ1n) is 26.2. The number of imidazole rings is 1. The molecular weight excluding hydrogens is 1000 g/mol. The SMILES string of the molecule is [2H]c1c([2H])c([2H])c(B2N(c3cccc(Oc4cccc(-n5[c](=[Pt])n(-c6c(-c7ccccc7)cc(C([2H])([2H])[2H])cc6-c6cccc(C(C)(C)C)c6)c6ccccc65)c4)n3)c3cccc4c5ccccc5n2c34)c([2H])c1[2H]. The number of hydrogen-bond acceptors (Lipinski definition) is 3. The molecule has 1 aliphatic rings. The van der Waals surface area contributed by atoms with Crippen molar-refractivity contribution >= 4 is 56.8 Å². The molecule has 0 aliphatic carbocycles. The van der Waals surface area contributed by atoms with E-state index in [2.05, 4.69) is 84.1 Å². The van der Waals surface area contributed by atoms with E-state index in [1.807, 2.05) is 144 Å². The molecule has 0 saturated carbocycles. The number of nitrogens with zero attached hydrogens (tertiary/aromatic N) is 5. The van der Waals surface area contributed by atoms with E-state index >= 15 is 0 Å². The van der Waals surface area contributed by atoms with Gasteiger partial charge in [0.1, 0.15) is 0 Å². The molecule has 0 fully saturated rings. The van der Waals surface area contributed by atoms with Gasteiger partial charge < -0.3 is 0 Å². The van der Waals surface area contributed by atoms with E-state index in [1.54, 1.807) is 6.07 Å². The van der Waals surface area contributed by atoms with E-state index in [-0.39, 0.29) is 34.4 Å². The van der Waals surface area contributed by atoms with Crippen LogP contribution in [0.15, 0.2) is 206 Å². The fourth-order valence-corrected chi connectivity index (χ4v) is 10.8. The predicted molar refractivity (Wildman–Crippen MR) is 273 cm³/mol. The molecule has 4 heterocycles. The van der Waals surface area contributed by atoms with Crippen LogP contribution in [-0.2, 0) is 24.8 Å². The first-order chi connectivity index (χ1) is 36.0. The number of hydrogen-bond donors (Lipinski definition) is 0. The fraction of sp³-hybridized carbons (Fsp3) is 0.0847. The number of pyridine rings is 1. The molecule has 0 radical (unpaired) electrons. The van der Waals surface area contributed by atoms with Crippen LogP contribution in [-0.4, -0.2) is 25.6 Å². The van der Waals surface area contributed by atoms with Crippen LogP contribution >= 0.6 is 0 Å². The number of benzene rings is 8. The molecule has 0 N–H and O–H groups in total. The summed E-state index contributed by atoms with van der Waals surface area (Å²) in [5.41, 5.74) is 10.6. The molecule has 0 spiro atoms. The van der Waals surface area contributed by atoms with Gasteiger partial charge in [-0.3, -0.25) is 0 Å². The van der Waals surface area contributed by atoms with Gasteiger partial charge in [0.05, 0.1) is 6.85 Å². The van der Waals surface area contributed by atoms with Crippen LogP contribution in [0.5, 0.6) is 11.6 Å². The molecule has 12 rings (SSSR count). The Morgan fingerprint density at radius 3 is 2.09 bits per heavy atom. The third kappa shape index (κ3) is 6.91. The average Bonchev–Trinajstić information content (AvgIpc) is 4.14. The Morgan fingerprint density at radius 2 is 1.30 bits per heavy atom. The van der Waals surface area contributed by atoms with E-state index in [4.69, 9.17) is 17.9 Å². The minimum Gasteiger partial charge on any atom is -0.0637 e. The molecule has 0 amide bonds. The molecule has 1 aliphatic heterocycles. The van der Waals surface area contributed by atoms with Crippen molar-refractivity contribution in [1.82, 2.24) is 18.6 Å². The van der Waals surface area contributed by atoms with Gasteiger partial charge >= 0.3 is 325 Å². The first-order valence-corrected chi connectivity index (χ1v) is 23.3. The summed E-state index contributed by atoms with van der Waals surface area (Å²) >= 11 is 2.37. The maximum absolute atomic E-state index is 9.19. The van der Waals surface area contributed by atoms with Crippen molar-refractivity contribution in [3.8, 4) is 45.3 Å². The van der Waals surface area contributed by atoms with Crippen molar-refractivity contribution in [2.24, 2.45) is 0 Å². The van der Waals surface area contributed by atoms with E-state index in [0.29, 0.717) is 11.6 Å². The zero-order chi connectivity index (χ0) is 52.2. The fourth-order valence-electron chi connectivity index (χ4n) is 9.68. The van der Waals surface area contributed by atoms with Gasteiger partial charge in [0, 0.05) is 16.3 Å². The third-order valence-corrected chi connectivity index (χ3v) is 13.7. The van der Waals surface area contributed by atoms with Crippen LogP contribution in [0.3, 0.4) is 0 Å². The zero-order valence-electron chi connectivity index (χ0n) is 44.8. The number of aryl methyl sites for hydroxylation is 1. The zero-order valence-corrected chi connectivity index (χ0v) is 39.1. The summed E-state index contributed by atoms with van der Waals surface area (Å²) in [6.45, 7) is 3.25. The monoisotopic (exact) mass is 1050 g/mol. The molecule has 11 aromatic rings. The van der Waals surface area contributed by atoms with Crippen LogP contribution in [0.25, 0.3) is 66.5 Å². The van der Waals surface area contributed by atoms with Gasteiger partial charge in [0.15, 0.2) is 0 Å². The quantitative estimate of drug-likeness (QED) is 0.142. The number of fused-ring (bicyclic) bond motifs is 4. The molecule has 0 atom stereocenters. The van der Waals surface area contributed by atoms with Crippen LogP contribution in [0.2, 0.25) is 0 Å². The number of para-hydroxylation sites is 4. The number of anilines is 2. The van der Waals surface area contributed by atoms with Crippen LogP contribution < -0.4 is 15.0 Å². The normalized spacial score (nSPS) is 14.4. The molecule has 326 valence electrons. The molecule has 6 nitrogen and oxygen atoms in total. The van der Waals surface area contributed by atoms with Gasteiger partial charge in [0.2, 0.25) is 0 Å². The first kappa shape index (κ1) is 33.1. The molecule has 67 heavy (non-hydrogen) atoms. The summed E-state index contributed by atoms with van der Waals surface area (Å²) in [7, 11) is 0. The van der Waals surface area contributed by atoms with E-state index in [1.165, 1.54) is 0 Å². The topological polar surface area (TPSA) is 40.1 Å². The average molecular weight is 1050 g/mol. The van der Waals surface area contributed by atoms with Crippen molar-refractivity contribution in [2.45, 2.75) is 33.0 Å². The minimum atomic E-state index is -2.38. The number of rotatable bonds is 8. The standard InChI is InChI=1S/C59H46BN5O.Pt/c1-40-35-49(41-19-7-5-8-20-41)57(50(36-40)42-21-15-22-43(37-42)59(2,3)4)63-39-62(52-30-13-14-31-53(52)63)45-25-16-26-46(38-45)66-56-34-18-33-55(61-56)64-54-32-17-28-48-47-27-11-12-29-51(47)65(58(48)54)60(64)44-23-9-6-10-24-44;/h5-38H,1-4H3;/i1D3,6D,9D,10D,23D,24D;. The van der Waals surface area contributed by atoms with Crippen molar-refractivity contribution < 1.29 is 35.1 Å². The van der Waals surface area contributed by atoms with Crippen LogP contribution in [0, 0.1) is 10.7 Å². The Bertz CT molecular complexity index is 4170. The number of aromatic nitrogens is 4. The van der Waals surface area contributed by atoms with Crippen molar-refractivity contribution in [3.63, 3.8) is 0 Å². The second-order valence-electron chi connectivity index (χ2n) is 17.8. The second-order valence-corrected chi connectivity index (χ2v) is 18.8. The Balaban J connectivity index is 0.998. The smallest absolute Gasteiger partial charge is 0.0637 e. The Hall–Kier alpha value is -7.47. The minimum absolute atomic E-state index is 0.126. The van der Waals surface area contributed by atoms with E-state index in [9.17, 15) is 2.74 Å². The molecule has 0 bridgehead atoms. The molecule has 8 heteroatoms. The second kappa shape index (κ2) is 16.1. The van der Waals surface area contributed by atoms with Gasteiger partial charge in [-0.1, -0.05) is 60.5 Å². The number of ether oxygens (including phenoxy) is 1. The summed E-state index contributed by atoms with van der Waals surface area (Å²) < 4.78 is 84.2. The van der Waals surface area contributed by atoms with Gasteiger partial charge in [0.25, 0.3) is 0 Å². The van der Waals surface area contributed by atoms with Gasteiger partial charge in [-0.05, 0) is 6.07 Å². The van der Waals surface area contributed by atoms with Crippen molar-refractivity contribution in [1.29, 1.82) is 0 Å². The summed E-state index contributed by atoms with van der Waals surface area (Å²) in [4.78, 5) is 7.03. The van der Waals surface area contributed by atoms with Crippen molar-refractivity contribution in [2.75, 3.05) is 4.81 Å². The Kier molecular flexibility index (Phi) is 7.97. The van der Waals surface area contributed by atoms with E-state index in [0.717, 1.165) is 81.5 Å². The summed E-state index contributed by atoms with van der Waals surface area (Å²) in [6, 6.07) is 55.5. The maximum atomic E-state index is 9.19. The van der Waals surface area contributed by atoms with Crippen molar-refractivity contribution in [3.05, 3.63) is 221 Å². The van der Waals surface area contributed by atoms with Gasteiger partial charge in [-0.25, -0.2) is 0 Å². The Labute approximate surface area is 412 Å². The summed E-state index contributed by atoms with van der Waals surface area (Å²) in [6.07, 6.45) is 0. The summed E-state index contributed by atoms with van der Waals surface area (Å²) in [5.74, 6) is 1.24. The predicted octanol–water partition coefficient (Wildman–Crippen LogP) is 14.1. The molecular formula is C59H46BN5OPt. The Morgan fingerprint density at radius 1 is 0.627 bits per heavy atom. The van der Waals surface area contributed by atoms with Crippen LogP contribution in [0.1, 0.15) is 42.9 Å². The molecule has 0 unspecified atom stereocenters. The molecule has 3 aromatic heterocycles. The van der Waals surface area contributed by atoms with Gasteiger partial charge in [-0.2, -0.15) is 0 Å². The molecule has 8 aromatic carbocycles.